The Hall–Kier alpha value is -2.66. The maximum absolute atomic E-state index is 12.8. The summed E-state index contributed by atoms with van der Waals surface area (Å²) in [4.78, 5) is 12.8. The van der Waals surface area contributed by atoms with Gasteiger partial charge in [-0.1, -0.05) is 45.2 Å². The number of methoxy groups -OCH3 is 1. The van der Waals surface area contributed by atoms with Crippen molar-refractivity contribution in [2.45, 2.75) is 31.8 Å². The van der Waals surface area contributed by atoms with Gasteiger partial charge in [-0.2, -0.15) is 5.26 Å². The molecule has 0 bridgehead atoms. The average molecular weight is 550 g/mol. The number of halogens is 3. The van der Waals surface area contributed by atoms with E-state index in [0.29, 0.717) is 62.2 Å². The van der Waals surface area contributed by atoms with Crippen molar-refractivity contribution in [3.63, 3.8) is 0 Å². The molecule has 1 heterocycles. The first-order valence-electron chi connectivity index (χ1n) is 10.1. The van der Waals surface area contributed by atoms with Crippen LogP contribution in [0.15, 0.2) is 57.6 Å². The van der Waals surface area contributed by atoms with Crippen LogP contribution in [-0.4, -0.2) is 12.9 Å². The van der Waals surface area contributed by atoms with Gasteiger partial charge in [0.1, 0.15) is 24.0 Å². The predicted octanol–water partition coefficient (Wildman–Crippen LogP) is 6.16. The highest BCUT2D eigenvalue weighted by molar-refractivity contribution is 9.10. The lowest BCUT2D eigenvalue weighted by Crippen LogP contribution is -2.27. The second kappa shape index (κ2) is 9.68. The number of carbonyl (C=O) groups is 1. The molecule has 6 nitrogen and oxygen atoms in total. The topological polar surface area (TPSA) is 94.6 Å². The molecule has 2 aliphatic rings. The van der Waals surface area contributed by atoms with Crippen LogP contribution in [-0.2, 0) is 16.1 Å². The summed E-state index contributed by atoms with van der Waals surface area (Å²) in [6, 6.07) is 10.8. The van der Waals surface area contributed by atoms with Gasteiger partial charge in [0.2, 0.25) is 5.88 Å². The summed E-state index contributed by atoms with van der Waals surface area (Å²) in [6.07, 6.45) is 1.67. The van der Waals surface area contributed by atoms with Crippen LogP contribution in [0.2, 0.25) is 10.0 Å². The van der Waals surface area contributed by atoms with Crippen LogP contribution < -0.4 is 15.2 Å². The summed E-state index contributed by atoms with van der Waals surface area (Å²) in [6.45, 7) is 0.194. The van der Waals surface area contributed by atoms with Gasteiger partial charge < -0.3 is 19.9 Å². The van der Waals surface area contributed by atoms with Crippen molar-refractivity contribution in [3.05, 3.63) is 78.8 Å². The van der Waals surface area contributed by atoms with Crippen molar-refractivity contribution in [2.24, 2.45) is 5.73 Å². The van der Waals surface area contributed by atoms with E-state index in [9.17, 15) is 10.1 Å². The summed E-state index contributed by atoms with van der Waals surface area (Å²) in [5.41, 5.74) is 8.13. The van der Waals surface area contributed by atoms with Crippen molar-refractivity contribution in [3.8, 4) is 17.6 Å². The van der Waals surface area contributed by atoms with Crippen molar-refractivity contribution in [2.75, 3.05) is 7.11 Å². The van der Waals surface area contributed by atoms with E-state index in [1.165, 1.54) is 7.11 Å². The Morgan fingerprint density at radius 2 is 2.03 bits per heavy atom. The minimum atomic E-state index is -0.658. The first kappa shape index (κ1) is 23.5. The number of allylic oxidation sites excluding steroid dienone is 3. The van der Waals surface area contributed by atoms with Crippen LogP contribution in [0.3, 0.4) is 0 Å². The van der Waals surface area contributed by atoms with E-state index in [4.69, 9.17) is 43.1 Å². The molecule has 4 rings (SSSR count). The lowest BCUT2D eigenvalue weighted by atomic mass is 9.77. The van der Waals surface area contributed by atoms with Crippen molar-refractivity contribution < 1.29 is 19.0 Å². The molecular weight excluding hydrogens is 531 g/mol. The Bertz CT molecular complexity index is 1250. The smallest absolute Gasteiger partial charge is 0.205 e. The van der Waals surface area contributed by atoms with E-state index < -0.39 is 5.92 Å². The Morgan fingerprint density at radius 3 is 2.73 bits per heavy atom. The van der Waals surface area contributed by atoms with Crippen molar-refractivity contribution in [1.82, 2.24) is 0 Å². The van der Waals surface area contributed by atoms with Gasteiger partial charge in [0.15, 0.2) is 17.3 Å². The first-order chi connectivity index (χ1) is 15.8. The molecule has 33 heavy (non-hydrogen) atoms. The number of Topliss-reactive ketones (excluding diaryl/α,β-unsaturated/α-hetero) is 1. The standard InChI is InChI=1S/C24H19BrCl2N2O4/c1-31-20-8-14(16(25)9-21(20)32-11-12-5-6-13(26)7-17(12)27)22-15(10-28)24(29)33-19-4-2-3-18(30)23(19)22/h5-9,22H,2-4,11,29H2,1H3/t22-/m0/s1. The Kier molecular flexibility index (Phi) is 6.89. The van der Waals surface area contributed by atoms with Crippen LogP contribution >= 0.6 is 39.1 Å². The SMILES string of the molecule is COc1cc([C@H]2C(C#N)=C(N)OC3=C2C(=O)CCC3)c(Br)cc1OCc1ccc(Cl)cc1Cl. The summed E-state index contributed by atoms with van der Waals surface area (Å²) < 4.78 is 17.8. The van der Waals surface area contributed by atoms with Gasteiger partial charge in [-0.05, 0) is 36.2 Å². The van der Waals surface area contributed by atoms with Gasteiger partial charge >= 0.3 is 0 Å². The molecule has 2 aromatic rings. The van der Waals surface area contributed by atoms with Crippen LogP contribution in [0.4, 0.5) is 0 Å². The fourth-order valence-electron chi connectivity index (χ4n) is 4.01. The number of hydrogen-bond donors (Lipinski definition) is 1. The zero-order chi connectivity index (χ0) is 23.7. The zero-order valence-corrected chi connectivity index (χ0v) is 20.7. The average Bonchev–Trinajstić information content (AvgIpc) is 2.78. The molecule has 170 valence electrons. The molecule has 2 aromatic carbocycles. The van der Waals surface area contributed by atoms with Crippen LogP contribution in [0.25, 0.3) is 0 Å². The lowest BCUT2D eigenvalue weighted by molar-refractivity contribution is -0.116. The maximum Gasteiger partial charge on any atom is 0.205 e. The summed E-state index contributed by atoms with van der Waals surface area (Å²) in [7, 11) is 1.52. The number of carbonyl (C=O) groups excluding carboxylic acids is 1. The molecule has 0 aromatic heterocycles. The highest BCUT2D eigenvalue weighted by atomic mass is 79.9. The van der Waals surface area contributed by atoms with Crippen LogP contribution in [0, 0.1) is 11.3 Å². The van der Waals surface area contributed by atoms with Crippen LogP contribution in [0.5, 0.6) is 11.5 Å². The quantitative estimate of drug-likeness (QED) is 0.480. The number of benzene rings is 2. The molecule has 2 N–H and O–H groups in total. The number of ketones is 1. The normalized spacial score (nSPS) is 17.9. The third-order valence-corrected chi connectivity index (χ3v) is 6.87. The van der Waals surface area contributed by atoms with Gasteiger partial charge in [0.25, 0.3) is 0 Å². The van der Waals surface area contributed by atoms with E-state index in [2.05, 4.69) is 22.0 Å². The van der Waals surface area contributed by atoms with E-state index in [0.717, 1.165) is 5.56 Å². The highest BCUT2D eigenvalue weighted by Crippen LogP contribution is 2.47. The Balaban J connectivity index is 1.73. The molecule has 0 radical (unpaired) electrons. The Morgan fingerprint density at radius 1 is 1.24 bits per heavy atom. The van der Waals surface area contributed by atoms with E-state index in [1.54, 1.807) is 30.3 Å². The number of nitriles is 1. The molecule has 1 aliphatic carbocycles. The van der Waals surface area contributed by atoms with Gasteiger partial charge in [-0.3, -0.25) is 4.79 Å². The first-order valence-corrected chi connectivity index (χ1v) is 11.7. The molecule has 1 atom stereocenters. The zero-order valence-electron chi connectivity index (χ0n) is 17.6. The van der Waals surface area contributed by atoms with Crippen molar-refractivity contribution in [1.29, 1.82) is 5.26 Å². The molecule has 1 aliphatic heterocycles. The molecule has 0 amide bonds. The van der Waals surface area contributed by atoms with Crippen LogP contribution in [0.1, 0.15) is 36.3 Å². The number of nitrogens with zero attached hydrogens (tertiary/aromatic N) is 1. The van der Waals surface area contributed by atoms with Gasteiger partial charge in [-0.15, -0.1) is 0 Å². The predicted molar refractivity (Wildman–Crippen MR) is 128 cm³/mol. The second-order valence-corrected chi connectivity index (χ2v) is 9.29. The summed E-state index contributed by atoms with van der Waals surface area (Å²) >= 11 is 15.8. The molecular formula is C24H19BrCl2N2O4. The number of nitrogens with two attached hydrogens (primary N) is 1. The molecule has 9 heteroatoms. The minimum absolute atomic E-state index is 0.0134. The molecule has 0 saturated heterocycles. The van der Waals surface area contributed by atoms with E-state index >= 15 is 0 Å². The number of rotatable bonds is 5. The fourth-order valence-corrected chi connectivity index (χ4v) is 5.02. The third kappa shape index (κ3) is 4.56. The molecule has 0 saturated carbocycles. The molecule has 0 fully saturated rings. The number of ether oxygens (including phenoxy) is 3. The second-order valence-electron chi connectivity index (χ2n) is 7.59. The maximum atomic E-state index is 12.8. The lowest BCUT2D eigenvalue weighted by Gasteiger charge is -2.31. The van der Waals surface area contributed by atoms with E-state index in [1.807, 2.05) is 0 Å². The monoisotopic (exact) mass is 548 g/mol. The molecule has 0 unspecified atom stereocenters. The largest absolute Gasteiger partial charge is 0.493 e. The Labute approximate surface area is 209 Å². The van der Waals surface area contributed by atoms with Crippen molar-refractivity contribution >= 4 is 44.9 Å². The van der Waals surface area contributed by atoms with E-state index in [-0.39, 0.29) is 23.8 Å². The van der Waals surface area contributed by atoms with Gasteiger partial charge in [-0.25, -0.2) is 0 Å². The molecule has 0 spiro atoms. The highest BCUT2D eigenvalue weighted by Gasteiger charge is 2.39. The fraction of sp³-hybridized carbons (Fsp3) is 0.250. The minimum Gasteiger partial charge on any atom is -0.493 e. The van der Waals surface area contributed by atoms with Gasteiger partial charge in [0, 0.05) is 38.5 Å². The summed E-state index contributed by atoms with van der Waals surface area (Å²) in [5, 5.41) is 10.8. The van der Waals surface area contributed by atoms with Gasteiger partial charge in [0.05, 0.1) is 13.0 Å². The number of hydrogen-bond acceptors (Lipinski definition) is 6. The summed E-state index contributed by atoms with van der Waals surface area (Å²) in [5.74, 6) is 0.729. The third-order valence-electron chi connectivity index (χ3n) is 5.60.